The Morgan fingerprint density at radius 1 is 1.14 bits per heavy atom. The molecule has 0 radical (unpaired) electrons. The lowest BCUT2D eigenvalue weighted by atomic mass is 9.85. The van der Waals surface area contributed by atoms with E-state index in [9.17, 15) is 14.7 Å². The molecule has 0 spiro atoms. The topological polar surface area (TPSA) is 111 Å². The average Bonchev–Trinajstić information content (AvgIpc) is 3.45. The molecule has 186 valence electrons. The number of benzene rings is 1. The molecule has 1 atom stereocenters. The summed E-state index contributed by atoms with van der Waals surface area (Å²) in [7, 11) is 1.41. The van der Waals surface area contributed by atoms with E-state index in [1.54, 1.807) is 11.2 Å². The van der Waals surface area contributed by atoms with Crippen molar-refractivity contribution in [1.82, 2.24) is 14.5 Å². The highest BCUT2D eigenvalue weighted by Gasteiger charge is 2.33. The number of carbonyl (C=O) groups excluding carboxylic acids is 1. The number of aliphatic carboxylic acids is 1. The van der Waals surface area contributed by atoms with Crippen LogP contribution in [-0.4, -0.2) is 44.9 Å². The third-order valence-corrected chi connectivity index (χ3v) is 7.54. The maximum Gasteiger partial charge on any atom is 0.414 e. The van der Waals surface area contributed by atoms with Gasteiger partial charge in [0, 0.05) is 30.5 Å². The van der Waals surface area contributed by atoms with Crippen LogP contribution >= 0.6 is 0 Å². The Bertz CT molecular complexity index is 1250. The van der Waals surface area contributed by atoms with Crippen molar-refractivity contribution >= 4 is 28.8 Å². The SMILES string of the molecule is COC(=O)N1c2ccc3c(nc(CCc4nc(C)co4)n3[C@H]3CC[C@H](C(=O)O)CC3)c2CC[C@@H]1C. The van der Waals surface area contributed by atoms with Gasteiger partial charge in [-0.05, 0) is 64.5 Å². The van der Waals surface area contributed by atoms with E-state index in [0.29, 0.717) is 31.6 Å². The lowest BCUT2D eigenvalue weighted by molar-refractivity contribution is -0.143. The van der Waals surface area contributed by atoms with Gasteiger partial charge >= 0.3 is 12.1 Å². The molecule has 0 saturated heterocycles. The predicted octanol–water partition coefficient (Wildman–Crippen LogP) is 4.84. The fourth-order valence-corrected chi connectivity index (χ4v) is 5.72. The number of hydrogen-bond acceptors (Lipinski definition) is 6. The molecule has 2 aliphatic rings. The standard InChI is InChI=1S/C26H32N4O5/c1-15-14-35-23(27-15)13-12-22-28-24-19-9-4-16(2)29(26(33)34-3)20(19)10-11-21(24)30(22)18-7-5-17(6-8-18)25(31)32/h10-11,14,16-18H,4-9,12-13H2,1-3H3,(H,31,32)/t16-,17-,18-/m0/s1. The number of rotatable bonds is 5. The van der Waals surface area contributed by atoms with Crippen molar-refractivity contribution in [3.63, 3.8) is 0 Å². The lowest BCUT2D eigenvalue weighted by Crippen LogP contribution is -2.42. The summed E-state index contributed by atoms with van der Waals surface area (Å²) in [5.41, 5.74) is 4.74. The first-order valence-electron chi connectivity index (χ1n) is 12.4. The molecule has 1 aliphatic carbocycles. The second kappa shape index (κ2) is 9.36. The number of nitrogens with zero attached hydrogens (tertiary/aromatic N) is 4. The lowest BCUT2D eigenvalue weighted by Gasteiger charge is -2.34. The number of aryl methyl sites for hydroxylation is 4. The number of hydrogen-bond donors (Lipinski definition) is 1. The maximum atomic E-state index is 12.6. The predicted molar refractivity (Wildman–Crippen MR) is 130 cm³/mol. The number of methoxy groups -OCH3 is 1. The van der Waals surface area contributed by atoms with Gasteiger partial charge in [0.2, 0.25) is 0 Å². The van der Waals surface area contributed by atoms with Gasteiger partial charge in [-0.25, -0.2) is 14.8 Å². The average molecular weight is 481 g/mol. The normalized spacial score (nSPS) is 22.3. The summed E-state index contributed by atoms with van der Waals surface area (Å²) in [6, 6.07) is 4.30. The van der Waals surface area contributed by atoms with Gasteiger partial charge in [-0.1, -0.05) is 0 Å². The summed E-state index contributed by atoms with van der Waals surface area (Å²) in [5.74, 6) is 0.654. The fourth-order valence-electron chi connectivity index (χ4n) is 5.72. The van der Waals surface area contributed by atoms with E-state index in [-0.39, 0.29) is 24.1 Å². The number of anilines is 1. The fraction of sp³-hybridized carbons (Fsp3) is 0.538. The molecular weight excluding hydrogens is 448 g/mol. The van der Waals surface area contributed by atoms with Crippen LogP contribution in [0.1, 0.15) is 68.0 Å². The van der Waals surface area contributed by atoms with E-state index in [0.717, 1.165) is 59.5 Å². The number of aromatic nitrogens is 3. The minimum atomic E-state index is -0.704. The zero-order valence-corrected chi connectivity index (χ0v) is 20.5. The molecule has 9 nitrogen and oxygen atoms in total. The van der Waals surface area contributed by atoms with E-state index < -0.39 is 5.97 Å². The van der Waals surface area contributed by atoms with Crippen molar-refractivity contribution in [1.29, 1.82) is 0 Å². The van der Waals surface area contributed by atoms with E-state index in [4.69, 9.17) is 14.1 Å². The minimum Gasteiger partial charge on any atom is -0.481 e. The molecule has 5 rings (SSSR count). The molecule has 3 heterocycles. The van der Waals surface area contributed by atoms with Crippen molar-refractivity contribution in [2.45, 2.75) is 77.3 Å². The van der Waals surface area contributed by atoms with Crippen LogP contribution in [-0.2, 0) is 28.8 Å². The molecule has 1 fully saturated rings. The van der Waals surface area contributed by atoms with E-state index in [1.165, 1.54) is 7.11 Å². The number of amides is 1. The largest absolute Gasteiger partial charge is 0.481 e. The third kappa shape index (κ3) is 4.28. The molecule has 1 saturated carbocycles. The smallest absolute Gasteiger partial charge is 0.414 e. The molecule has 1 N–H and O–H groups in total. The Morgan fingerprint density at radius 3 is 2.57 bits per heavy atom. The van der Waals surface area contributed by atoms with Crippen LogP contribution in [0.25, 0.3) is 11.0 Å². The molecule has 0 bridgehead atoms. The van der Waals surface area contributed by atoms with Crippen LogP contribution < -0.4 is 4.90 Å². The third-order valence-electron chi connectivity index (χ3n) is 7.54. The van der Waals surface area contributed by atoms with Crippen molar-refractivity contribution in [3.05, 3.63) is 41.4 Å². The number of oxazole rings is 1. The molecular formula is C26H32N4O5. The summed E-state index contributed by atoms with van der Waals surface area (Å²) in [5, 5.41) is 9.46. The van der Waals surface area contributed by atoms with Gasteiger partial charge in [0.25, 0.3) is 0 Å². The van der Waals surface area contributed by atoms with Gasteiger partial charge in [0.15, 0.2) is 5.89 Å². The van der Waals surface area contributed by atoms with Crippen LogP contribution in [0.15, 0.2) is 22.8 Å². The molecule has 1 aliphatic heterocycles. The molecule has 1 aromatic carbocycles. The van der Waals surface area contributed by atoms with Crippen molar-refractivity contribution in [3.8, 4) is 0 Å². The summed E-state index contributed by atoms with van der Waals surface area (Å²) >= 11 is 0. The van der Waals surface area contributed by atoms with Crippen LogP contribution in [0, 0.1) is 12.8 Å². The Kier molecular flexibility index (Phi) is 6.25. The van der Waals surface area contributed by atoms with Crippen LogP contribution in [0.2, 0.25) is 0 Å². The Hall–Kier alpha value is -3.36. The first-order chi connectivity index (χ1) is 16.9. The number of carboxylic acids is 1. The van der Waals surface area contributed by atoms with Crippen molar-refractivity contribution in [2.75, 3.05) is 12.0 Å². The first kappa shape index (κ1) is 23.4. The number of carbonyl (C=O) groups is 2. The van der Waals surface area contributed by atoms with Gasteiger partial charge < -0.3 is 18.8 Å². The van der Waals surface area contributed by atoms with Gasteiger partial charge in [0.1, 0.15) is 12.1 Å². The van der Waals surface area contributed by atoms with Gasteiger partial charge in [-0.15, -0.1) is 0 Å². The summed E-state index contributed by atoms with van der Waals surface area (Å²) in [6.07, 6.45) is 7.20. The summed E-state index contributed by atoms with van der Waals surface area (Å²) in [6.45, 7) is 3.94. The van der Waals surface area contributed by atoms with Crippen LogP contribution in [0.4, 0.5) is 10.5 Å². The van der Waals surface area contributed by atoms with E-state index >= 15 is 0 Å². The number of ether oxygens (including phenoxy) is 1. The molecule has 9 heteroatoms. The second-order valence-electron chi connectivity index (χ2n) is 9.78. The zero-order chi connectivity index (χ0) is 24.7. The van der Waals surface area contributed by atoms with Crippen molar-refractivity contribution < 1.29 is 23.8 Å². The van der Waals surface area contributed by atoms with Crippen molar-refractivity contribution in [2.24, 2.45) is 5.92 Å². The molecule has 3 aromatic rings. The Labute approximate surface area is 204 Å². The van der Waals surface area contributed by atoms with Gasteiger partial charge in [-0.2, -0.15) is 0 Å². The molecule has 1 amide bonds. The highest BCUT2D eigenvalue weighted by Crippen LogP contribution is 2.40. The Balaban J connectivity index is 1.56. The second-order valence-corrected chi connectivity index (χ2v) is 9.78. The highest BCUT2D eigenvalue weighted by atomic mass is 16.5. The van der Waals surface area contributed by atoms with E-state index in [2.05, 4.69) is 15.6 Å². The first-order valence-corrected chi connectivity index (χ1v) is 12.4. The quantitative estimate of drug-likeness (QED) is 0.556. The highest BCUT2D eigenvalue weighted by molar-refractivity contribution is 5.95. The van der Waals surface area contributed by atoms with Gasteiger partial charge in [0.05, 0.1) is 35.4 Å². The van der Waals surface area contributed by atoms with Crippen LogP contribution in [0.3, 0.4) is 0 Å². The van der Waals surface area contributed by atoms with E-state index in [1.807, 2.05) is 19.9 Å². The Morgan fingerprint density at radius 2 is 1.91 bits per heavy atom. The van der Waals surface area contributed by atoms with Crippen LogP contribution in [0.5, 0.6) is 0 Å². The molecule has 35 heavy (non-hydrogen) atoms. The zero-order valence-electron chi connectivity index (χ0n) is 20.5. The monoisotopic (exact) mass is 480 g/mol. The minimum absolute atomic E-state index is 0.0496. The van der Waals surface area contributed by atoms with Gasteiger partial charge in [-0.3, -0.25) is 9.69 Å². The number of carboxylic acid groups (broad SMARTS) is 1. The summed E-state index contributed by atoms with van der Waals surface area (Å²) < 4.78 is 12.9. The number of fused-ring (bicyclic) bond motifs is 3. The maximum absolute atomic E-state index is 12.6. The molecule has 0 unspecified atom stereocenters. The molecule has 2 aromatic heterocycles. The summed E-state index contributed by atoms with van der Waals surface area (Å²) in [4.78, 5) is 35.4. The number of imidazole rings is 1.